The van der Waals surface area contributed by atoms with E-state index in [0.717, 1.165) is 5.92 Å². The lowest BCUT2D eigenvalue weighted by molar-refractivity contribution is 0.391. The zero-order valence-corrected chi connectivity index (χ0v) is 10.6. The monoisotopic (exact) mass is 235 g/mol. The lowest BCUT2D eigenvalue weighted by Gasteiger charge is -2.20. The first-order valence-electron chi connectivity index (χ1n) is 6.30. The maximum atomic E-state index is 5.58. The Kier molecular flexibility index (Phi) is 4.73. The van der Waals surface area contributed by atoms with Crippen LogP contribution in [0.25, 0.3) is 0 Å². The Morgan fingerprint density at radius 3 is 2.38 bits per heavy atom. The van der Waals surface area contributed by atoms with E-state index in [1.807, 2.05) is 11.8 Å². The van der Waals surface area contributed by atoms with Gasteiger partial charge in [-0.25, -0.2) is 0 Å². The van der Waals surface area contributed by atoms with Crippen LogP contribution in [0, 0.1) is 5.92 Å². The third-order valence-corrected chi connectivity index (χ3v) is 4.61. The van der Waals surface area contributed by atoms with E-state index < -0.39 is 0 Å². The predicted octanol–water partition coefficient (Wildman–Crippen LogP) is 3.82. The summed E-state index contributed by atoms with van der Waals surface area (Å²) in [4.78, 5) is 1.39. The molecule has 1 aliphatic rings. The molecule has 2 rings (SSSR count). The molecule has 0 atom stereocenters. The smallest absolute Gasteiger partial charge is 0.0178 e. The zero-order valence-electron chi connectivity index (χ0n) is 9.82. The fraction of sp³-hybridized carbons (Fsp3) is 0.571. The first-order chi connectivity index (χ1) is 7.88. The van der Waals surface area contributed by atoms with Gasteiger partial charge in [0.25, 0.3) is 0 Å². The van der Waals surface area contributed by atoms with Crippen molar-refractivity contribution in [3.8, 4) is 0 Å². The molecule has 2 N–H and O–H groups in total. The molecule has 1 nitrogen and oxygen atoms in total. The van der Waals surface area contributed by atoms with Crippen LogP contribution >= 0.6 is 11.8 Å². The van der Waals surface area contributed by atoms with Crippen molar-refractivity contribution < 1.29 is 0 Å². The number of benzene rings is 1. The number of hydrogen-bond donors (Lipinski definition) is 1. The summed E-state index contributed by atoms with van der Waals surface area (Å²) in [7, 11) is 0. The van der Waals surface area contributed by atoms with E-state index in [4.69, 9.17) is 5.73 Å². The fourth-order valence-electron chi connectivity index (χ4n) is 2.29. The molecule has 0 saturated heterocycles. The molecule has 0 amide bonds. The summed E-state index contributed by atoms with van der Waals surface area (Å²) in [6, 6.07) is 8.69. The molecule has 1 saturated carbocycles. The summed E-state index contributed by atoms with van der Waals surface area (Å²) < 4.78 is 0. The fourth-order valence-corrected chi connectivity index (χ4v) is 3.38. The quantitative estimate of drug-likeness (QED) is 0.803. The second-order valence-corrected chi connectivity index (χ2v) is 5.76. The van der Waals surface area contributed by atoms with E-state index in [2.05, 4.69) is 24.3 Å². The van der Waals surface area contributed by atoms with Crippen molar-refractivity contribution in [1.29, 1.82) is 0 Å². The van der Waals surface area contributed by atoms with E-state index in [9.17, 15) is 0 Å². The van der Waals surface area contributed by atoms with Gasteiger partial charge in [-0.3, -0.25) is 0 Å². The first-order valence-corrected chi connectivity index (χ1v) is 7.29. The Morgan fingerprint density at radius 2 is 1.75 bits per heavy atom. The molecule has 0 radical (unpaired) electrons. The number of thioether (sulfide) groups is 1. The van der Waals surface area contributed by atoms with Crippen molar-refractivity contribution in [2.24, 2.45) is 11.7 Å². The largest absolute Gasteiger partial charge is 0.326 e. The summed E-state index contributed by atoms with van der Waals surface area (Å²) in [5.74, 6) is 2.25. The van der Waals surface area contributed by atoms with Gasteiger partial charge in [0, 0.05) is 17.2 Å². The SMILES string of the molecule is NCc1ccc(SCC2CCCCC2)cc1. The predicted molar refractivity (Wildman–Crippen MR) is 71.6 cm³/mol. The molecule has 88 valence electrons. The van der Waals surface area contributed by atoms with E-state index in [0.29, 0.717) is 6.54 Å². The maximum Gasteiger partial charge on any atom is 0.0178 e. The highest BCUT2D eigenvalue weighted by Gasteiger charge is 2.13. The lowest BCUT2D eigenvalue weighted by atomic mass is 9.91. The standard InChI is InChI=1S/C14H21NS/c15-10-12-6-8-14(9-7-12)16-11-13-4-2-1-3-5-13/h6-9,13H,1-5,10-11,15H2. The average molecular weight is 235 g/mol. The molecular formula is C14H21NS. The van der Waals surface area contributed by atoms with Gasteiger partial charge < -0.3 is 5.73 Å². The summed E-state index contributed by atoms with van der Waals surface area (Å²) in [6.07, 6.45) is 7.21. The molecular weight excluding hydrogens is 214 g/mol. The summed E-state index contributed by atoms with van der Waals surface area (Å²) >= 11 is 2.01. The van der Waals surface area contributed by atoms with E-state index in [1.165, 1.54) is 48.3 Å². The van der Waals surface area contributed by atoms with Crippen molar-refractivity contribution in [2.45, 2.75) is 43.5 Å². The highest BCUT2D eigenvalue weighted by Crippen LogP contribution is 2.29. The first kappa shape index (κ1) is 12.0. The van der Waals surface area contributed by atoms with Gasteiger partial charge in [0.15, 0.2) is 0 Å². The second-order valence-electron chi connectivity index (χ2n) is 4.66. The minimum Gasteiger partial charge on any atom is -0.326 e. The third kappa shape index (κ3) is 3.53. The Hall–Kier alpha value is -0.470. The van der Waals surface area contributed by atoms with Crippen molar-refractivity contribution in [3.05, 3.63) is 29.8 Å². The zero-order chi connectivity index (χ0) is 11.2. The normalized spacial score (nSPS) is 17.6. The molecule has 0 spiro atoms. The van der Waals surface area contributed by atoms with Gasteiger partial charge in [0.05, 0.1) is 0 Å². The van der Waals surface area contributed by atoms with Crippen LogP contribution in [-0.4, -0.2) is 5.75 Å². The molecule has 2 heteroatoms. The van der Waals surface area contributed by atoms with Crippen LogP contribution in [0.2, 0.25) is 0 Å². The maximum absolute atomic E-state index is 5.58. The molecule has 0 bridgehead atoms. The molecule has 1 aromatic carbocycles. The third-order valence-electron chi connectivity index (χ3n) is 3.37. The van der Waals surface area contributed by atoms with E-state index in [1.54, 1.807) is 0 Å². The van der Waals surface area contributed by atoms with Gasteiger partial charge >= 0.3 is 0 Å². The molecule has 0 aromatic heterocycles. The van der Waals surface area contributed by atoms with Crippen molar-refractivity contribution in [3.63, 3.8) is 0 Å². The summed E-state index contributed by atoms with van der Waals surface area (Å²) in [5, 5.41) is 0. The summed E-state index contributed by atoms with van der Waals surface area (Å²) in [5.41, 5.74) is 6.81. The van der Waals surface area contributed by atoms with Crippen LogP contribution < -0.4 is 5.73 Å². The van der Waals surface area contributed by atoms with Crippen molar-refractivity contribution in [2.75, 3.05) is 5.75 Å². The van der Waals surface area contributed by atoms with Crippen LogP contribution in [0.3, 0.4) is 0 Å². The van der Waals surface area contributed by atoms with Crippen LogP contribution in [0.4, 0.5) is 0 Å². The second kappa shape index (κ2) is 6.31. The van der Waals surface area contributed by atoms with E-state index in [-0.39, 0.29) is 0 Å². The molecule has 0 unspecified atom stereocenters. The molecule has 1 fully saturated rings. The highest BCUT2D eigenvalue weighted by atomic mass is 32.2. The molecule has 0 aliphatic heterocycles. The van der Waals surface area contributed by atoms with Gasteiger partial charge in [-0.2, -0.15) is 0 Å². The topological polar surface area (TPSA) is 26.0 Å². The van der Waals surface area contributed by atoms with Gasteiger partial charge in [0.1, 0.15) is 0 Å². The van der Waals surface area contributed by atoms with Crippen LogP contribution in [0.1, 0.15) is 37.7 Å². The van der Waals surface area contributed by atoms with Gasteiger partial charge in [-0.15, -0.1) is 11.8 Å². The Morgan fingerprint density at radius 1 is 1.06 bits per heavy atom. The van der Waals surface area contributed by atoms with Crippen LogP contribution in [-0.2, 0) is 6.54 Å². The highest BCUT2D eigenvalue weighted by molar-refractivity contribution is 7.99. The van der Waals surface area contributed by atoms with Gasteiger partial charge in [-0.05, 0) is 36.5 Å². The number of nitrogens with two attached hydrogens (primary N) is 1. The van der Waals surface area contributed by atoms with Crippen molar-refractivity contribution in [1.82, 2.24) is 0 Å². The number of rotatable bonds is 4. The lowest BCUT2D eigenvalue weighted by Crippen LogP contribution is -2.08. The summed E-state index contributed by atoms with van der Waals surface area (Å²) in [6.45, 7) is 0.646. The van der Waals surface area contributed by atoms with Crippen LogP contribution in [0.15, 0.2) is 29.2 Å². The minimum atomic E-state index is 0.646. The van der Waals surface area contributed by atoms with Gasteiger partial charge in [0.2, 0.25) is 0 Å². The van der Waals surface area contributed by atoms with Crippen molar-refractivity contribution >= 4 is 11.8 Å². The van der Waals surface area contributed by atoms with E-state index >= 15 is 0 Å². The molecule has 1 aromatic rings. The minimum absolute atomic E-state index is 0.646. The Balaban J connectivity index is 1.79. The average Bonchev–Trinajstić information content (AvgIpc) is 2.38. The van der Waals surface area contributed by atoms with Crippen LogP contribution in [0.5, 0.6) is 0 Å². The Labute approximate surface area is 103 Å². The molecule has 0 heterocycles. The number of hydrogen-bond acceptors (Lipinski definition) is 2. The Bertz CT molecular complexity index is 301. The molecule has 1 aliphatic carbocycles. The molecule has 16 heavy (non-hydrogen) atoms. The van der Waals surface area contributed by atoms with Gasteiger partial charge in [-0.1, -0.05) is 31.4 Å².